The van der Waals surface area contributed by atoms with Crippen LogP contribution in [-0.4, -0.2) is 23.9 Å². The molecular formula is C16H21ClN2O2. The van der Waals surface area contributed by atoms with Crippen molar-refractivity contribution in [3.8, 4) is 0 Å². The van der Waals surface area contributed by atoms with Gasteiger partial charge in [0, 0.05) is 10.7 Å². The average molecular weight is 309 g/mol. The van der Waals surface area contributed by atoms with Gasteiger partial charge < -0.3 is 5.32 Å². The van der Waals surface area contributed by atoms with Gasteiger partial charge in [-0.25, -0.2) is 0 Å². The lowest BCUT2D eigenvalue weighted by atomic mass is 9.95. The van der Waals surface area contributed by atoms with Crippen LogP contribution in [0.15, 0.2) is 24.3 Å². The molecule has 1 aliphatic heterocycles. The summed E-state index contributed by atoms with van der Waals surface area (Å²) in [5, 5.41) is 3.46. The van der Waals surface area contributed by atoms with Gasteiger partial charge in [-0.05, 0) is 36.6 Å². The summed E-state index contributed by atoms with van der Waals surface area (Å²) in [4.78, 5) is 26.8. The van der Waals surface area contributed by atoms with Gasteiger partial charge in [-0.2, -0.15) is 0 Å². The quantitative estimate of drug-likeness (QED) is 0.929. The fourth-order valence-electron chi connectivity index (χ4n) is 2.72. The molecule has 0 saturated carbocycles. The number of carbonyl (C=O) groups is 2. The maximum Gasteiger partial charge on any atom is 0.250 e. The van der Waals surface area contributed by atoms with Gasteiger partial charge in [0.15, 0.2) is 0 Å². The third-order valence-electron chi connectivity index (χ3n) is 3.71. The Morgan fingerprint density at radius 1 is 1.24 bits per heavy atom. The summed E-state index contributed by atoms with van der Waals surface area (Å²) in [7, 11) is 0. The molecule has 4 nitrogen and oxygen atoms in total. The van der Waals surface area contributed by atoms with Crippen molar-refractivity contribution in [1.29, 1.82) is 0 Å². The molecule has 0 radical (unpaired) electrons. The normalized spacial score (nSPS) is 22.6. The predicted molar refractivity (Wildman–Crippen MR) is 84.4 cm³/mol. The molecule has 0 bridgehead atoms. The molecule has 0 aliphatic carbocycles. The standard InChI is InChI=1S/C16H21ClN2O2/c1-4-5-13-16(21)19(12-8-6-11(17)7-9-12)14(10(2)3)15(20)18-13/h6-10,13-14H,4-5H2,1-3H3,(H,18,20). The fraction of sp³-hybridized carbons (Fsp3) is 0.500. The Kier molecular flexibility index (Phi) is 4.88. The second-order valence-corrected chi connectivity index (χ2v) is 6.16. The van der Waals surface area contributed by atoms with Gasteiger partial charge in [-0.15, -0.1) is 0 Å². The second kappa shape index (κ2) is 6.48. The van der Waals surface area contributed by atoms with Crippen LogP contribution in [0.25, 0.3) is 0 Å². The Morgan fingerprint density at radius 3 is 2.38 bits per heavy atom. The first-order chi connectivity index (χ1) is 9.95. The van der Waals surface area contributed by atoms with Crippen LogP contribution in [0.1, 0.15) is 33.6 Å². The molecule has 2 amide bonds. The van der Waals surface area contributed by atoms with Crippen LogP contribution in [-0.2, 0) is 9.59 Å². The summed E-state index contributed by atoms with van der Waals surface area (Å²) in [6.07, 6.45) is 1.50. The van der Waals surface area contributed by atoms with Crippen molar-refractivity contribution in [3.05, 3.63) is 29.3 Å². The van der Waals surface area contributed by atoms with Crippen molar-refractivity contribution >= 4 is 29.1 Å². The molecule has 1 fully saturated rings. The van der Waals surface area contributed by atoms with Crippen molar-refractivity contribution < 1.29 is 9.59 Å². The molecule has 0 aromatic heterocycles. The minimum Gasteiger partial charge on any atom is -0.342 e. The molecule has 2 rings (SSSR count). The number of nitrogens with zero attached hydrogens (tertiary/aromatic N) is 1. The van der Waals surface area contributed by atoms with Gasteiger partial charge in [-0.3, -0.25) is 14.5 Å². The van der Waals surface area contributed by atoms with Crippen LogP contribution in [0.2, 0.25) is 5.02 Å². The third kappa shape index (κ3) is 3.21. The number of amides is 2. The maximum atomic E-state index is 12.7. The van der Waals surface area contributed by atoms with Crippen molar-refractivity contribution in [3.63, 3.8) is 0 Å². The van der Waals surface area contributed by atoms with Gasteiger partial charge >= 0.3 is 0 Å². The van der Waals surface area contributed by atoms with E-state index < -0.39 is 12.1 Å². The SMILES string of the molecule is CCCC1NC(=O)C(C(C)C)N(c2ccc(Cl)cc2)C1=O. The molecule has 1 aromatic carbocycles. The summed E-state index contributed by atoms with van der Waals surface area (Å²) in [6.45, 7) is 5.89. The highest BCUT2D eigenvalue weighted by atomic mass is 35.5. The number of hydrogen-bond acceptors (Lipinski definition) is 2. The second-order valence-electron chi connectivity index (χ2n) is 5.72. The zero-order valence-corrected chi connectivity index (χ0v) is 13.4. The zero-order valence-electron chi connectivity index (χ0n) is 12.6. The van der Waals surface area contributed by atoms with Gasteiger partial charge in [-0.1, -0.05) is 38.8 Å². The van der Waals surface area contributed by atoms with Gasteiger partial charge in [0.2, 0.25) is 11.8 Å². The summed E-state index contributed by atoms with van der Waals surface area (Å²) in [6, 6.07) is 6.14. The number of rotatable bonds is 4. The fourth-order valence-corrected chi connectivity index (χ4v) is 2.84. The Labute approximate surface area is 130 Å². The van der Waals surface area contributed by atoms with E-state index in [1.54, 1.807) is 29.2 Å². The Morgan fingerprint density at radius 2 is 1.86 bits per heavy atom. The van der Waals surface area contributed by atoms with Crippen molar-refractivity contribution in [1.82, 2.24) is 5.32 Å². The topological polar surface area (TPSA) is 49.4 Å². The lowest BCUT2D eigenvalue weighted by Gasteiger charge is -2.40. The van der Waals surface area contributed by atoms with Crippen LogP contribution in [0.5, 0.6) is 0 Å². The van der Waals surface area contributed by atoms with Crippen LogP contribution < -0.4 is 10.2 Å². The lowest BCUT2D eigenvalue weighted by molar-refractivity contribution is -0.135. The third-order valence-corrected chi connectivity index (χ3v) is 3.96. The first-order valence-corrected chi connectivity index (χ1v) is 7.72. The molecule has 0 spiro atoms. The minimum atomic E-state index is -0.480. The average Bonchev–Trinajstić information content (AvgIpc) is 2.43. The van der Waals surface area contributed by atoms with E-state index >= 15 is 0 Å². The first-order valence-electron chi connectivity index (χ1n) is 7.34. The van der Waals surface area contributed by atoms with E-state index in [-0.39, 0.29) is 17.7 Å². The summed E-state index contributed by atoms with van der Waals surface area (Å²) in [5.41, 5.74) is 0.721. The highest BCUT2D eigenvalue weighted by molar-refractivity contribution is 6.30. The first kappa shape index (κ1) is 15.8. The monoisotopic (exact) mass is 308 g/mol. The number of hydrogen-bond donors (Lipinski definition) is 1. The Balaban J connectivity index is 2.40. The van der Waals surface area contributed by atoms with Gasteiger partial charge in [0.25, 0.3) is 0 Å². The highest BCUT2D eigenvalue weighted by Crippen LogP contribution is 2.27. The van der Waals surface area contributed by atoms with Gasteiger partial charge in [0.05, 0.1) is 0 Å². The molecule has 114 valence electrons. The van der Waals surface area contributed by atoms with E-state index in [0.29, 0.717) is 11.4 Å². The molecule has 5 heteroatoms. The molecule has 1 heterocycles. The van der Waals surface area contributed by atoms with Crippen LogP contribution in [0.4, 0.5) is 5.69 Å². The molecule has 1 aromatic rings. The number of piperazine rings is 1. The smallest absolute Gasteiger partial charge is 0.250 e. The van der Waals surface area contributed by atoms with Crippen molar-refractivity contribution in [2.45, 2.75) is 45.7 Å². The molecule has 1 aliphatic rings. The van der Waals surface area contributed by atoms with E-state index in [0.717, 1.165) is 12.1 Å². The number of carbonyl (C=O) groups excluding carboxylic acids is 2. The summed E-state index contributed by atoms with van der Waals surface area (Å²) in [5.74, 6) is -0.0947. The van der Waals surface area contributed by atoms with E-state index in [4.69, 9.17) is 11.6 Å². The van der Waals surface area contributed by atoms with Crippen molar-refractivity contribution in [2.24, 2.45) is 5.92 Å². The summed E-state index contributed by atoms with van der Waals surface area (Å²) >= 11 is 5.91. The van der Waals surface area contributed by atoms with Crippen LogP contribution >= 0.6 is 11.6 Å². The molecule has 21 heavy (non-hydrogen) atoms. The highest BCUT2D eigenvalue weighted by Gasteiger charge is 2.42. The summed E-state index contributed by atoms with van der Waals surface area (Å²) < 4.78 is 0. The minimum absolute atomic E-state index is 0.0344. The van der Waals surface area contributed by atoms with E-state index in [1.807, 2.05) is 20.8 Å². The van der Waals surface area contributed by atoms with E-state index in [9.17, 15) is 9.59 Å². The van der Waals surface area contributed by atoms with Gasteiger partial charge in [0.1, 0.15) is 12.1 Å². The molecular weight excluding hydrogens is 288 g/mol. The Bertz CT molecular complexity index is 528. The number of nitrogens with one attached hydrogen (secondary N) is 1. The lowest BCUT2D eigenvalue weighted by Crippen LogP contribution is -2.65. The predicted octanol–water partition coefficient (Wildman–Crippen LogP) is 3.00. The maximum absolute atomic E-state index is 12.7. The van der Waals surface area contributed by atoms with Crippen molar-refractivity contribution in [2.75, 3.05) is 4.90 Å². The van der Waals surface area contributed by atoms with E-state index in [2.05, 4.69) is 5.32 Å². The van der Waals surface area contributed by atoms with Crippen LogP contribution in [0.3, 0.4) is 0 Å². The molecule has 1 saturated heterocycles. The largest absolute Gasteiger partial charge is 0.342 e. The van der Waals surface area contributed by atoms with Crippen LogP contribution in [0, 0.1) is 5.92 Å². The number of benzene rings is 1. The molecule has 2 unspecified atom stereocenters. The Hall–Kier alpha value is -1.55. The molecule has 2 atom stereocenters. The number of anilines is 1. The zero-order chi connectivity index (χ0) is 15.6. The van der Waals surface area contributed by atoms with E-state index in [1.165, 1.54) is 0 Å². The molecule has 1 N–H and O–H groups in total. The number of halogens is 1.